The average Bonchev–Trinajstić information content (AvgIpc) is 3.43. The number of aromatic carboxylic acids is 1. The van der Waals surface area contributed by atoms with Crippen LogP contribution in [0.2, 0.25) is 0 Å². The van der Waals surface area contributed by atoms with Crippen molar-refractivity contribution in [1.29, 1.82) is 0 Å². The quantitative estimate of drug-likeness (QED) is 0.323. The third-order valence-electron chi connectivity index (χ3n) is 6.13. The van der Waals surface area contributed by atoms with Gasteiger partial charge >= 0.3 is 5.97 Å². The number of amides is 1. The number of carbonyl (C=O) groups excluding carboxylic acids is 1. The van der Waals surface area contributed by atoms with Crippen LogP contribution in [0.1, 0.15) is 59.1 Å². The van der Waals surface area contributed by atoms with Gasteiger partial charge < -0.3 is 15.1 Å². The van der Waals surface area contributed by atoms with Gasteiger partial charge in [-0.05, 0) is 55.4 Å². The summed E-state index contributed by atoms with van der Waals surface area (Å²) in [6.45, 7) is 2.55. The van der Waals surface area contributed by atoms with E-state index < -0.39 is 12.1 Å². The lowest BCUT2D eigenvalue weighted by Crippen LogP contribution is -2.32. The normalized spacial score (nSPS) is 18.4. The van der Waals surface area contributed by atoms with Crippen molar-refractivity contribution in [2.24, 2.45) is 5.92 Å². The predicted molar refractivity (Wildman–Crippen MR) is 133 cm³/mol. The van der Waals surface area contributed by atoms with Crippen LogP contribution in [0.5, 0.6) is 0 Å². The molecule has 176 valence electrons. The van der Waals surface area contributed by atoms with Gasteiger partial charge in [-0.3, -0.25) is 4.79 Å². The number of carbonyl (C=O) groups is 2. The van der Waals surface area contributed by atoms with Gasteiger partial charge in [0.2, 0.25) is 5.91 Å². The van der Waals surface area contributed by atoms with E-state index in [0.29, 0.717) is 17.8 Å². The Morgan fingerprint density at radius 3 is 2.73 bits per heavy atom. The number of hydrogen-bond donors (Lipinski definition) is 2. The molecule has 33 heavy (non-hydrogen) atoms. The van der Waals surface area contributed by atoms with Gasteiger partial charge in [0.25, 0.3) is 0 Å². The highest BCUT2D eigenvalue weighted by Crippen LogP contribution is 2.23. The zero-order valence-electron chi connectivity index (χ0n) is 19.1. The molecule has 5 nitrogen and oxygen atoms in total. The molecule has 0 saturated carbocycles. The number of unbranched alkanes of at least 4 members (excludes halogenated alkanes) is 1. The first kappa shape index (κ1) is 24.9. The fourth-order valence-electron chi connectivity index (χ4n) is 4.08. The smallest absolute Gasteiger partial charge is 0.345 e. The molecule has 1 aliphatic heterocycles. The molecular weight excluding hydrogens is 434 g/mol. The molecule has 1 aliphatic rings. The van der Waals surface area contributed by atoms with Crippen LogP contribution in [-0.4, -0.2) is 45.7 Å². The van der Waals surface area contributed by atoms with E-state index >= 15 is 0 Å². The van der Waals surface area contributed by atoms with Crippen LogP contribution in [0, 0.1) is 5.92 Å². The van der Waals surface area contributed by atoms with E-state index in [-0.39, 0.29) is 17.9 Å². The van der Waals surface area contributed by atoms with Crippen molar-refractivity contribution in [3.8, 4) is 0 Å². The molecule has 2 aromatic rings. The molecule has 0 unspecified atom stereocenters. The second-order valence-corrected chi connectivity index (χ2v) is 9.76. The Morgan fingerprint density at radius 1 is 1.21 bits per heavy atom. The molecule has 1 amide bonds. The summed E-state index contributed by atoms with van der Waals surface area (Å²) in [7, 11) is 0. The molecule has 0 aliphatic carbocycles. The largest absolute Gasteiger partial charge is 0.477 e. The highest BCUT2D eigenvalue weighted by Gasteiger charge is 2.28. The summed E-state index contributed by atoms with van der Waals surface area (Å²) in [5, 5.41) is 19.6. The summed E-state index contributed by atoms with van der Waals surface area (Å²) >= 11 is 1.21. The second-order valence-electron chi connectivity index (χ2n) is 8.65. The van der Waals surface area contributed by atoms with E-state index in [1.807, 2.05) is 35.3 Å². The summed E-state index contributed by atoms with van der Waals surface area (Å²) < 4.78 is 0. The van der Waals surface area contributed by atoms with Gasteiger partial charge in [-0.2, -0.15) is 0 Å². The van der Waals surface area contributed by atoms with Gasteiger partial charge in [-0.25, -0.2) is 4.79 Å². The zero-order chi connectivity index (χ0) is 23.6. The summed E-state index contributed by atoms with van der Waals surface area (Å²) in [5.41, 5.74) is 1.35. The number of hydrogen-bond acceptors (Lipinski definition) is 4. The SMILES string of the molecule is C[C@@H](CCCCc1ccccc1)[C@H](O)C=C[C@H]1CCC(=O)N1CC=Cc1ccc(C(=O)O)s1. The fraction of sp³-hybridized carbons (Fsp3) is 0.407. The first-order valence-electron chi connectivity index (χ1n) is 11.6. The lowest BCUT2D eigenvalue weighted by atomic mass is 9.95. The highest BCUT2D eigenvalue weighted by atomic mass is 32.1. The lowest BCUT2D eigenvalue weighted by Gasteiger charge is -2.22. The van der Waals surface area contributed by atoms with Crippen molar-refractivity contribution < 1.29 is 19.8 Å². The molecule has 1 aromatic heterocycles. The Morgan fingerprint density at radius 2 is 2.00 bits per heavy atom. The van der Waals surface area contributed by atoms with Crippen LogP contribution < -0.4 is 0 Å². The van der Waals surface area contributed by atoms with Gasteiger partial charge in [0, 0.05) is 17.8 Å². The highest BCUT2D eigenvalue weighted by molar-refractivity contribution is 7.14. The summed E-state index contributed by atoms with van der Waals surface area (Å²) in [5.74, 6) is -0.650. The fourth-order valence-corrected chi connectivity index (χ4v) is 4.85. The molecule has 0 bridgehead atoms. The number of rotatable bonds is 12. The predicted octanol–water partition coefficient (Wildman–Crippen LogP) is 5.42. The van der Waals surface area contributed by atoms with E-state index in [2.05, 4.69) is 31.2 Å². The number of thiophene rings is 1. The van der Waals surface area contributed by atoms with Crippen LogP contribution in [-0.2, 0) is 11.2 Å². The maximum atomic E-state index is 12.3. The van der Waals surface area contributed by atoms with Crippen LogP contribution >= 0.6 is 11.3 Å². The standard InChI is InChI=1S/C27H33NO4S/c1-20(8-5-6-11-21-9-3-2-4-10-21)24(29)16-13-22-14-18-26(30)28(22)19-7-12-23-15-17-25(33-23)27(31)32/h2-4,7,9-10,12-13,15-17,20,22,24,29H,5-6,8,11,14,18-19H2,1H3,(H,31,32)/t20-,22-,24+/m0/s1. The second kappa shape index (κ2) is 12.5. The van der Waals surface area contributed by atoms with Crippen molar-refractivity contribution in [3.05, 3.63) is 76.0 Å². The Kier molecular flexibility index (Phi) is 9.46. The minimum absolute atomic E-state index is 0.0139. The summed E-state index contributed by atoms with van der Waals surface area (Å²) in [4.78, 5) is 26.3. The Hall–Kier alpha value is -2.70. The van der Waals surface area contributed by atoms with Crippen molar-refractivity contribution in [1.82, 2.24) is 4.90 Å². The number of carboxylic acid groups (broad SMARTS) is 1. The number of aryl methyl sites for hydroxylation is 1. The zero-order valence-corrected chi connectivity index (χ0v) is 19.9. The third-order valence-corrected chi connectivity index (χ3v) is 7.17. The van der Waals surface area contributed by atoms with Gasteiger partial charge in [-0.15, -0.1) is 11.3 Å². The van der Waals surface area contributed by atoms with Crippen molar-refractivity contribution in [2.75, 3.05) is 6.54 Å². The van der Waals surface area contributed by atoms with Crippen molar-refractivity contribution in [2.45, 2.75) is 57.6 Å². The lowest BCUT2D eigenvalue weighted by molar-refractivity contribution is -0.127. The van der Waals surface area contributed by atoms with E-state index in [9.17, 15) is 14.7 Å². The van der Waals surface area contributed by atoms with Crippen LogP contribution in [0.25, 0.3) is 6.08 Å². The molecule has 1 aromatic carbocycles. The molecule has 6 heteroatoms. The minimum Gasteiger partial charge on any atom is -0.477 e. The molecular formula is C27H33NO4S. The number of benzene rings is 1. The summed E-state index contributed by atoms with van der Waals surface area (Å²) in [6.07, 6.45) is 12.5. The molecule has 0 radical (unpaired) electrons. The van der Waals surface area contributed by atoms with Gasteiger partial charge in [0.15, 0.2) is 0 Å². The number of nitrogens with zero attached hydrogens (tertiary/aromatic N) is 1. The Bertz CT molecular complexity index is 966. The third kappa shape index (κ3) is 7.69. The minimum atomic E-state index is -0.927. The molecule has 0 spiro atoms. The van der Waals surface area contributed by atoms with Gasteiger partial charge in [0.05, 0.1) is 12.1 Å². The number of aliphatic hydroxyl groups is 1. The first-order valence-corrected chi connectivity index (χ1v) is 12.4. The Balaban J connectivity index is 1.44. The Labute approximate surface area is 200 Å². The van der Waals surface area contributed by atoms with Crippen LogP contribution in [0.3, 0.4) is 0 Å². The van der Waals surface area contributed by atoms with Crippen LogP contribution in [0.15, 0.2) is 60.7 Å². The topological polar surface area (TPSA) is 77.8 Å². The van der Waals surface area contributed by atoms with Crippen LogP contribution in [0.4, 0.5) is 0 Å². The van der Waals surface area contributed by atoms with E-state index in [1.165, 1.54) is 16.9 Å². The number of likely N-dealkylation sites (tertiary alicyclic amines) is 1. The monoisotopic (exact) mass is 467 g/mol. The van der Waals surface area contributed by atoms with E-state index in [0.717, 1.165) is 37.0 Å². The maximum absolute atomic E-state index is 12.3. The molecule has 3 rings (SSSR count). The molecule has 3 atom stereocenters. The number of carboxylic acids is 1. The van der Waals surface area contributed by atoms with E-state index in [1.54, 1.807) is 12.1 Å². The van der Waals surface area contributed by atoms with Gasteiger partial charge in [0.1, 0.15) is 4.88 Å². The van der Waals surface area contributed by atoms with Crippen molar-refractivity contribution >= 4 is 29.3 Å². The van der Waals surface area contributed by atoms with Gasteiger partial charge in [-0.1, -0.05) is 61.9 Å². The average molecular weight is 468 g/mol. The maximum Gasteiger partial charge on any atom is 0.345 e. The molecule has 2 N–H and O–H groups in total. The summed E-state index contributed by atoms with van der Waals surface area (Å²) in [6, 6.07) is 13.8. The molecule has 1 saturated heterocycles. The number of aliphatic hydroxyl groups excluding tert-OH is 1. The molecule has 1 fully saturated rings. The van der Waals surface area contributed by atoms with Crippen molar-refractivity contribution in [3.63, 3.8) is 0 Å². The van der Waals surface area contributed by atoms with E-state index in [4.69, 9.17) is 5.11 Å². The molecule has 2 heterocycles. The first-order chi connectivity index (χ1) is 15.9.